The Balaban J connectivity index is 2.44. The van der Waals surface area contributed by atoms with Crippen molar-refractivity contribution < 1.29 is 19.0 Å². The van der Waals surface area contributed by atoms with E-state index in [2.05, 4.69) is 0 Å². The molecule has 0 aromatic rings. The van der Waals surface area contributed by atoms with Gasteiger partial charge in [0, 0.05) is 6.42 Å². The van der Waals surface area contributed by atoms with Crippen molar-refractivity contribution in [2.24, 2.45) is 0 Å². The molecule has 4 nitrogen and oxygen atoms in total. The smallest absolute Gasteiger partial charge is 0.249 e. The van der Waals surface area contributed by atoms with Crippen molar-refractivity contribution in [1.82, 2.24) is 4.90 Å². The topological polar surface area (TPSA) is 49.8 Å². The first-order valence-electron chi connectivity index (χ1n) is 5.20. The summed E-state index contributed by atoms with van der Waals surface area (Å²) in [6.45, 7) is 3.51. The number of ether oxygens (including phenoxy) is 1. The zero-order valence-electron chi connectivity index (χ0n) is 9.15. The molecule has 0 bridgehead atoms. The Labute approximate surface area is 89.0 Å². The van der Waals surface area contributed by atoms with E-state index in [9.17, 15) is 9.18 Å². The molecular weight excluding hydrogens is 201 g/mol. The van der Waals surface area contributed by atoms with Gasteiger partial charge < -0.3 is 14.7 Å². The Kier molecular flexibility index (Phi) is 4.47. The lowest BCUT2D eigenvalue weighted by Gasteiger charge is -2.22. The summed E-state index contributed by atoms with van der Waals surface area (Å²) in [6.07, 6.45) is -0.820. The van der Waals surface area contributed by atoms with Gasteiger partial charge >= 0.3 is 0 Å². The van der Waals surface area contributed by atoms with Gasteiger partial charge in [0.25, 0.3) is 0 Å². The number of hydrogen-bond acceptors (Lipinski definition) is 3. The van der Waals surface area contributed by atoms with Crippen LogP contribution in [0.3, 0.4) is 0 Å². The molecule has 1 rings (SSSR count). The van der Waals surface area contributed by atoms with Crippen molar-refractivity contribution in [2.45, 2.75) is 38.6 Å². The summed E-state index contributed by atoms with van der Waals surface area (Å²) >= 11 is 0. The highest BCUT2D eigenvalue weighted by molar-refractivity contribution is 5.78. The molecule has 1 amide bonds. The monoisotopic (exact) mass is 219 g/mol. The highest BCUT2D eigenvalue weighted by atomic mass is 19.1. The Morgan fingerprint density at radius 2 is 2.33 bits per heavy atom. The molecule has 0 aromatic carbocycles. The van der Waals surface area contributed by atoms with Crippen LogP contribution in [0.25, 0.3) is 0 Å². The van der Waals surface area contributed by atoms with Crippen LogP contribution < -0.4 is 0 Å². The number of carbonyl (C=O) groups excluding carboxylic acids is 1. The van der Waals surface area contributed by atoms with Gasteiger partial charge in [-0.3, -0.25) is 4.79 Å². The highest BCUT2D eigenvalue weighted by Crippen LogP contribution is 2.20. The van der Waals surface area contributed by atoms with E-state index in [1.54, 1.807) is 0 Å². The molecule has 0 saturated carbocycles. The number of aliphatic hydroxyl groups excluding tert-OH is 1. The van der Waals surface area contributed by atoms with Gasteiger partial charge in [0.2, 0.25) is 5.91 Å². The number of rotatable bonds is 4. The number of alkyl halides is 1. The summed E-state index contributed by atoms with van der Waals surface area (Å²) in [7, 11) is 0. The second-order valence-corrected chi connectivity index (χ2v) is 4.08. The van der Waals surface area contributed by atoms with Gasteiger partial charge in [-0.15, -0.1) is 0 Å². The van der Waals surface area contributed by atoms with E-state index in [-0.39, 0.29) is 44.2 Å². The molecule has 0 aromatic heterocycles. The summed E-state index contributed by atoms with van der Waals surface area (Å²) in [5.41, 5.74) is 0. The third kappa shape index (κ3) is 3.43. The lowest BCUT2D eigenvalue weighted by atomic mass is 10.2. The number of likely N-dealkylation sites (tertiary alicyclic amines) is 1. The van der Waals surface area contributed by atoms with Gasteiger partial charge in [-0.2, -0.15) is 0 Å². The molecule has 0 aliphatic carbocycles. The third-order valence-electron chi connectivity index (χ3n) is 2.43. The summed E-state index contributed by atoms with van der Waals surface area (Å²) in [5.74, 6) is -0.247. The van der Waals surface area contributed by atoms with Crippen molar-refractivity contribution in [3.8, 4) is 0 Å². The quantitative estimate of drug-likeness (QED) is 0.742. The van der Waals surface area contributed by atoms with Crippen LogP contribution in [0.4, 0.5) is 4.39 Å². The normalized spacial score (nSPS) is 26.3. The molecule has 1 fully saturated rings. The Morgan fingerprint density at radius 1 is 1.67 bits per heavy atom. The van der Waals surface area contributed by atoms with Crippen molar-refractivity contribution >= 4 is 5.91 Å². The molecular formula is C10H18FNO3. The minimum Gasteiger partial charge on any atom is -0.394 e. The van der Waals surface area contributed by atoms with Crippen molar-refractivity contribution in [2.75, 3.05) is 19.8 Å². The van der Waals surface area contributed by atoms with Crippen molar-refractivity contribution in [3.05, 3.63) is 0 Å². The van der Waals surface area contributed by atoms with Crippen LogP contribution in [0.2, 0.25) is 0 Å². The number of amides is 1. The predicted octanol–water partition coefficient (Wildman–Crippen LogP) is 0.343. The van der Waals surface area contributed by atoms with E-state index in [0.29, 0.717) is 0 Å². The first-order valence-corrected chi connectivity index (χ1v) is 5.20. The molecule has 1 aliphatic heterocycles. The average Bonchev–Trinajstić information content (AvgIpc) is 2.56. The highest BCUT2D eigenvalue weighted by Gasteiger charge is 2.34. The summed E-state index contributed by atoms with van der Waals surface area (Å²) in [5, 5.41) is 8.98. The first-order chi connectivity index (χ1) is 7.04. The molecule has 88 valence electrons. The molecule has 15 heavy (non-hydrogen) atoms. The van der Waals surface area contributed by atoms with Crippen LogP contribution >= 0.6 is 0 Å². The molecule has 5 heteroatoms. The lowest BCUT2D eigenvalue weighted by molar-refractivity contribution is -0.139. The third-order valence-corrected chi connectivity index (χ3v) is 2.43. The van der Waals surface area contributed by atoms with Gasteiger partial charge in [0.15, 0.2) is 0 Å². The Hall–Kier alpha value is -0.680. The minimum absolute atomic E-state index is 0.0229. The Bertz CT molecular complexity index is 223. The number of nitrogens with zero attached hydrogens (tertiary/aromatic N) is 1. The van der Waals surface area contributed by atoms with Crippen LogP contribution in [0, 0.1) is 0 Å². The number of hydrogen-bond donors (Lipinski definition) is 1. The maximum atomic E-state index is 13.0. The van der Waals surface area contributed by atoms with Gasteiger partial charge in [-0.05, 0) is 13.8 Å². The first kappa shape index (κ1) is 12.4. The maximum Gasteiger partial charge on any atom is 0.249 e. The fraction of sp³-hybridized carbons (Fsp3) is 0.900. The van der Waals surface area contributed by atoms with E-state index in [4.69, 9.17) is 9.84 Å². The summed E-state index contributed by atoms with van der Waals surface area (Å²) in [6, 6.07) is -0.386. The molecule has 1 aliphatic rings. The van der Waals surface area contributed by atoms with Gasteiger partial charge in [0.1, 0.15) is 12.8 Å². The fourth-order valence-electron chi connectivity index (χ4n) is 1.66. The lowest BCUT2D eigenvalue weighted by Crippen LogP contribution is -2.40. The van der Waals surface area contributed by atoms with E-state index >= 15 is 0 Å². The van der Waals surface area contributed by atoms with E-state index in [1.165, 1.54) is 4.90 Å². The molecule has 1 saturated heterocycles. The van der Waals surface area contributed by atoms with Crippen LogP contribution in [0.5, 0.6) is 0 Å². The second kappa shape index (κ2) is 5.42. The molecule has 1 N–H and O–H groups in total. The predicted molar refractivity (Wildman–Crippen MR) is 53.2 cm³/mol. The van der Waals surface area contributed by atoms with Crippen LogP contribution in [0.15, 0.2) is 0 Å². The van der Waals surface area contributed by atoms with E-state index in [0.717, 1.165) is 0 Å². The average molecular weight is 219 g/mol. The summed E-state index contributed by atoms with van der Waals surface area (Å²) in [4.78, 5) is 13.0. The maximum absolute atomic E-state index is 13.0. The fourth-order valence-corrected chi connectivity index (χ4v) is 1.66. The largest absolute Gasteiger partial charge is 0.394 e. The molecule has 0 unspecified atom stereocenters. The zero-order chi connectivity index (χ0) is 11.4. The van der Waals surface area contributed by atoms with Gasteiger partial charge in [-0.1, -0.05) is 0 Å². The van der Waals surface area contributed by atoms with Crippen LogP contribution in [-0.2, 0) is 9.53 Å². The standard InChI is InChI=1S/C10H18FNO3/c1-7(2)15-6-10(14)12-4-8(11)3-9(12)5-13/h7-9,13H,3-6H2,1-2H3/t8-,9-/m0/s1. The molecule has 0 radical (unpaired) electrons. The van der Waals surface area contributed by atoms with Crippen molar-refractivity contribution in [1.29, 1.82) is 0 Å². The molecule has 1 heterocycles. The van der Waals surface area contributed by atoms with E-state index < -0.39 is 6.17 Å². The number of halogens is 1. The van der Waals surface area contributed by atoms with Gasteiger partial charge in [0.05, 0.1) is 25.3 Å². The van der Waals surface area contributed by atoms with Gasteiger partial charge in [-0.25, -0.2) is 4.39 Å². The molecule has 2 atom stereocenters. The summed E-state index contributed by atoms with van der Waals surface area (Å²) < 4.78 is 18.2. The SMILES string of the molecule is CC(C)OCC(=O)N1C[C@@H](F)C[C@H]1CO. The van der Waals surface area contributed by atoms with Crippen LogP contribution in [0.1, 0.15) is 20.3 Å². The number of carbonyl (C=O) groups is 1. The van der Waals surface area contributed by atoms with E-state index in [1.807, 2.05) is 13.8 Å². The zero-order valence-corrected chi connectivity index (χ0v) is 9.15. The van der Waals surface area contributed by atoms with Crippen molar-refractivity contribution in [3.63, 3.8) is 0 Å². The Morgan fingerprint density at radius 3 is 2.87 bits per heavy atom. The molecule has 0 spiro atoms. The van der Waals surface area contributed by atoms with Crippen LogP contribution in [-0.4, -0.2) is 54.0 Å². The minimum atomic E-state index is -1.02. The second-order valence-electron chi connectivity index (χ2n) is 4.08. The number of aliphatic hydroxyl groups is 1.